The molecule has 0 bridgehead atoms. The molecule has 12 nitrogen and oxygen atoms in total. The molecular formula is C29H34O12. The van der Waals surface area contributed by atoms with Gasteiger partial charge in [0.1, 0.15) is 0 Å². The summed E-state index contributed by atoms with van der Waals surface area (Å²) in [4.78, 5) is 44.6. The van der Waals surface area contributed by atoms with Crippen LogP contribution in [-0.4, -0.2) is 72.7 Å². The Kier molecular flexibility index (Phi) is 14.9. The number of carbonyl (C=O) groups is 4. The van der Waals surface area contributed by atoms with Crippen molar-refractivity contribution in [2.45, 2.75) is 37.9 Å². The fraction of sp³-hybridized carbons (Fsp3) is 0.310. The fourth-order valence-electron chi connectivity index (χ4n) is 3.13. The van der Waals surface area contributed by atoms with Crippen molar-refractivity contribution in [2.75, 3.05) is 21.3 Å². The molecule has 2 aromatic rings. The molecule has 3 N–H and O–H groups in total. The van der Waals surface area contributed by atoms with Crippen LogP contribution in [-0.2, 0) is 36.8 Å². The first-order valence-corrected chi connectivity index (χ1v) is 12.1. The van der Waals surface area contributed by atoms with Crippen LogP contribution in [0.4, 0.5) is 0 Å². The highest BCUT2D eigenvalue weighted by atomic mass is 16.6. The lowest BCUT2D eigenvalue weighted by atomic mass is 10.1. The van der Waals surface area contributed by atoms with Crippen LogP contribution in [0.25, 0.3) is 0 Å². The number of ether oxygens (including phenoxy) is 5. The van der Waals surface area contributed by atoms with Gasteiger partial charge >= 0.3 is 23.9 Å². The molecule has 2 atom stereocenters. The van der Waals surface area contributed by atoms with E-state index in [1.54, 1.807) is 48.6 Å². The number of hydrogen-bond acceptors (Lipinski definition) is 11. The third kappa shape index (κ3) is 11.9. The molecule has 0 heterocycles. The molecule has 12 heteroatoms. The molecule has 0 spiro atoms. The second-order valence-electron chi connectivity index (χ2n) is 8.21. The Labute approximate surface area is 237 Å². The van der Waals surface area contributed by atoms with E-state index in [0.717, 1.165) is 18.2 Å². The number of esters is 3. The van der Waals surface area contributed by atoms with Gasteiger partial charge in [-0.1, -0.05) is 24.3 Å². The van der Waals surface area contributed by atoms with Crippen molar-refractivity contribution in [3.63, 3.8) is 0 Å². The topological polar surface area (TPSA) is 175 Å². The number of hydrogen-bond donors (Lipinski definition) is 3. The summed E-state index contributed by atoms with van der Waals surface area (Å²) in [6.45, 7) is 7.26. The van der Waals surface area contributed by atoms with Crippen LogP contribution in [0.3, 0.4) is 0 Å². The molecule has 41 heavy (non-hydrogen) atoms. The number of carboxylic acid groups (broad SMARTS) is 1. The minimum absolute atomic E-state index is 0.169. The lowest BCUT2D eigenvalue weighted by Gasteiger charge is -2.12. The molecule has 0 unspecified atom stereocenters. The van der Waals surface area contributed by atoms with Gasteiger partial charge < -0.3 is 39.0 Å². The van der Waals surface area contributed by atoms with Gasteiger partial charge in [0.05, 0.1) is 34.2 Å². The Morgan fingerprint density at radius 1 is 0.732 bits per heavy atom. The first-order chi connectivity index (χ1) is 19.5. The minimum Gasteiger partial charge on any atom is -0.493 e. The number of carbonyl (C=O) groups excluding carboxylic acids is 3. The third-order valence-electron chi connectivity index (χ3n) is 5.14. The van der Waals surface area contributed by atoms with E-state index in [0.29, 0.717) is 24.3 Å². The predicted octanol–water partition coefficient (Wildman–Crippen LogP) is 2.42. The second-order valence-corrected chi connectivity index (χ2v) is 8.21. The van der Waals surface area contributed by atoms with Gasteiger partial charge in [-0.15, -0.1) is 13.2 Å². The van der Waals surface area contributed by atoms with Gasteiger partial charge in [0.2, 0.25) is 0 Å². The molecule has 222 valence electrons. The zero-order chi connectivity index (χ0) is 30.9. The van der Waals surface area contributed by atoms with Crippen molar-refractivity contribution >= 4 is 23.9 Å². The Hall–Kier alpha value is -4.68. The van der Waals surface area contributed by atoms with Gasteiger partial charge in [0, 0.05) is 0 Å². The van der Waals surface area contributed by atoms with Crippen molar-refractivity contribution in [3.8, 4) is 23.0 Å². The van der Waals surface area contributed by atoms with Crippen LogP contribution in [0, 0.1) is 0 Å². The molecule has 0 aliphatic rings. The standard InChI is InChI=1S/C15H18O6.C14H16O6/c1-4-5-10-6-7-12(13(8-10)19-2)21-14(17)9-11(16)15(18)20-3;1-3-4-9-5-6-11(12(7-9)19-2)20-13(16)8-10(15)14(17)18/h4,6-8,11,16H,1,5,9H2,2-3H3;3,5-7,10,15H,1,4,8H2,2H3,(H,17,18)/t11-;10-/m00/s1. The molecule has 0 saturated carbocycles. The summed E-state index contributed by atoms with van der Waals surface area (Å²) in [6, 6.07) is 10.0. The van der Waals surface area contributed by atoms with Crippen LogP contribution in [0.15, 0.2) is 61.7 Å². The van der Waals surface area contributed by atoms with E-state index >= 15 is 0 Å². The monoisotopic (exact) mass is 574 g/mol. The van der Waals surface area contributed by atoms with Crippen molar-refractivity contribution in [1.82, 2.24) is 0 Å². The summed E-state index contributed by atoms with van der Waals surface area (Å²) >= 11 is 0. The Morgan fingerprint density at radius 2 is 1.15 bits per heavy atom. The highest BCUT2D eigenvalue weighted by Crippen LogP contribution is 2.30. The highest BCUT2D eigenvalue weighted by molar-refractivity contribution is 5.83. The van der Waals surface area contributed by atoms with Gasteiger partial charge in [0.15, 0.2) is 35.2 Å². The van der Waals surface area contributed by atoms with Gasteiger partial charge in [-0.2, -0.15) is 0 Å². The van der Waals surface area contributed by atoms with Crippen LogP contribution < -0.4 is 18.9 Å². The fourth-order valence-corrected chi connectivity index (χ4v) is 3.13. The maximum Gasteiger partial charge on any atom is 0.335 e. The number of rotatable bonds is 14. The van der Waals surface area contributed by atoms with E-state index in [-0.39, 0.29) is 11.5 Å². The number of allylic oxidation sites excluding steroid dienone is 2. The maximum atomic E-state index is 11.7. The number of methoxy groups -OCH3 is 3. The zero-order valence-electron chi connectivity index (χ0n) is 23.0. The van der Waals surface area contributed by atoms with Crippen LogP contribution in [0.1, 0.15) is 24.0 Å². The number of benzene rings is 2. The van der Waals surface area contributed by atoms with E-state index < -0.39 is 48.9 Å². The zero-order valence-corrected chi connectivity index (χ0v) is 23.0. The van der Waals surface area contributed by atoms with Crippen LogP contribution in [0.2, 0.25) is 0 Å². The smallest absolute Gasteiger partial charge is 0.335 e. The van der Waals surface area contributed by atoms with E-state index in [9.17, 15) is 24.3 Å². The van der Waals surface area contributed by atoms with Gasteiger partial charge in [-0.05, 0) is 48.2 Å². The van der Waals surface area contributed by atoms with E-state index in [2.05, 4.69) is 17.9 Å². The molecule has 0 amide bonds. The normalized spacial score (nSPS) is 11.4. The molecular weight excluding hydrogens is 540 g/mol. The summed E-state index contributed by atoms with van der Waals surface area (Å²) < 4.78 is 24.6. The van der Waals surface area contributed by atoms with Crippen LogP contribution >= 0.6 is 0 Å². The summed E-state index contributed by atoms with van der Waals surface area (Å²) in [6.07, 6.45) is 0.309. The Morgan fingerprint density at radius 3 is 1.49 bits per heavy atom. The number of aliphatic hydroxyl groups is 2. The number of aliphatic hydroxyl groups excluding tert-OH is 2. The van der Waals surface area contributed by atoms with E-state index in [1.165, 1.54) is 14.2 Å². The molecule has 0 aliphatic carbocycles. The summed E-state index contributed by atoms with van der Waals surface area (Å²) in [5.74, 6) is -2.86. The molecule has 2 aromatic carbocycles. The lowest BCUT2D eigenvalue weighted by molar-refractivity contribution is -0.154. The molecule has 0 fully saturated rings. The Balaban J connectivity index is 0.000000410. The molecule has 0 aromatic heterocycles. The highest BCUT2D eigenvalue weighted by Gasteiger charge is 2.22. The van der Waals surface area contributed by atoms with Crippen molar-refractivity contribution in [2.24, 2.45) is 0 Å². The third-order valence-corrected chi connectivity index (χ3v) is 5.14. The average Bonchev–Trinajstić information content (AvgIpc) is 2.94. The van der Waals surface area contributed by atoms with E-state index in [4.69, 9.17) is 29.2 Å². The number of aliphatic carboxylic acids is 1. The molecule has 0 aliphatic heterocycles. The average molecular weight is 575 g/mol. The van der Waals surface area contributed by atoms with Crippen LogP contribution in [0.5, 0.6) is 23.0 Å². The first kappa shape index (κ1) is 34.3. The predicted molar refractivity (Wildman–Crippen MR) is 146 cm³/mol. The second kappa shape index (κ2) is 17.8. The SMILES string of the molecule is C=CCc1ccc(OC(=O)C[C@H](O)C(=O)O)c(OC)c1.C=CCc1ccc(OC(=O)C[C@H](O)C(=O)OC)c(OC)c1. The van der Waals surface area contributed by atoms with E-state index in [1.807, 2.05) is 0 Å². The maximum absolute atomic E-state index is 11.7. The van der Waals surface area contributed by atoms with Gasteiger partial charge in [0.25, 0.3) is 0 Å². The van der Waals surface area contributed by atoms with Crippen molar-refractivity contribution in [1.29, 1.82) is 0 Å². The van der Waals surface area contributed by atoms with Gasteiger partial charge in [-0.3, -0.25) is 9.59 Å². The molecule has 2 rings (SSSR count). The molecule has 0 saturated heterocycles. The largest absolute Gasteiger partial charge is 0.493 e. The first-order valence-electron chi connectivity index (χ1n) is 12.1. The van der Waals surface area contributed by atoms with Crippen molar-refractivity contribution < 1.29 is 58.2 Å². The quantitative estimate of drug-likeness (QED) is 0.171. The lowest BCUT2D eigenvalue weighted by Crippen LogP contribution is -2.27. The minimum atomic E-state index is -1.78. The Bertz CT molecular complexity index is 1220. The summed E-state index contributed by atoms with van der Waals surface area (Å²) in [7, 11) is 4.00. The van der Waals surface area contributed by atoms with Crippen molar-refractivity contribution in [3.05, 3.63) is 72.8 Å². The van der Waals surface area contributed by atoms with Gasteiger partial charge in [-0.25, -0.2) is 9.59 Å². The summed E-state index contributed by atoms with van der Waals surface area (Å²) in [5.41, 5.74) is 1.89. The summed E-state index contributed by atoms with van der Waals surface area (Å²) in [5, 5.41) is 27.0. The molecule has 0 radical (unpaired) electrons. The number of carboxylic acids is 1.